The number of amides is 1. The molecule has 6 heteroatoms. The van der Waals surface area contributed by atoms with Gasteiger partial charge in [-0.15, -0.1) is 0 Å². The molecule has 0 aliphatic heterocycles. The molecule has 0 radical (unpaired) electrons. The van der Waals surface area contributed by atoms with Gasteiger partial charge in [0, 0.05) is 6.20 Å². The van der Waals surface area contributed by atoms with E-state index in [9.17, 15) is 10.1 Å². The average molecular weight is 321 g/mol. The Hall–Kier alpha value is -3.46. The highest BCUT2D eigenvalue weighted by molar-refractivity contribution is 5.96. The molecule has 1 N–H and O–H groups in total. The zero-order chi connectivity index (χ0) is 16.9. The number of methoxy groups -OCH3 is 1. The maximum absolute atomic E-state index is 12.6. The summed E-state index contributed by atoms with van der Waals surface area (Å²) in [5.41, 5.74) is 1.23. The van der Waals surface area contributed by atoms with Gasteiger partial charge < -0.3 is 19.0 Å². The first-order valence-electron chi connectivity index (χ1n) is 7.30. The molecule has 0 saturated carbocycles. The molecule has 0 spiro atoms. The molecule has 24 heavy (non-hydrogen) atoms. The Bertz CT molecular complexity index is 889. The van der Waals surface area contributed by atoms with E-state index in [1.54, 1.807) is 48.4 Å². The summed E-state index contributed by atoms with van der Waals surface area (Å²) < 4.78 is 12.2. The number of carbonyl (C=O) groups is 1. The van der Waals surface area contributed by atoms with E-state index < -0.39 is 0 Å². The van der Waals surface area contributed by atoms with Crippen LogP contribution in [0.3, 0.4) is 0 Å². The fourth-order valence-electron chi connectivity index (χ4n) is 2.45. The Labute approximate surface area is 138 Å². The molecule has 2 aromatic heterocycles. The summed E-state index contributed by atoms with van der Waals surface area (Å²) >= 11 is 0. The number of nitrogens with zero attached hydrogens (tertiary/aromatic N) is 2. The van der Waals surface area contributed by atoms with Gasteiger partial charge in [0.1, 0.15) is 23.3 Å². The Kier molecular flexibility index (Phi) is 4.34. The Morgan fingerprint density at radius 2 is 2.12 bits per heavy atom. The first-order chi connectivity index (χ1) is 11.7. The van der Waals surface area contributed by atoms with Crippen LogP contribution in [0.4, 0.5) is 0 Å². The molecule has 3 aromatic rings. The van der Waals surface area contributed by atoms with E-state index >= 15 is 0 Å². The number of para-hydroxylation sites is 2. The fraction of sp³-hybridized carbons (Fsp3) is 0.111. The van der Waals surface area contributed by atoms with Gasteiger partial charge in [-0.05, 0) is 30.3 Å². The van der Waals surface area contributed by atoms with E-state index in [4.69, 9.17) is 9.15 Å². The maximum Gasteiger partial charge on any atom is 0.270 e. The minimum atomic E-state index is -0.362. The van der Waals surface area contributed by atoms with E-state index in [1.807, 2.05) is 18.2 Å². The van der Waals surface area contributed by atoms with Gasteiger partial charge in [-0.3, -0.25) is 4.79 Å². The van der Waals surface area contributed by atoms with Crippen molar-refractivity contribution in [3.63, 3.8) is 0 Å². The summed E-state index contributed by atoms with van der Waals surface area (Å²) in [4.78, 5) is 12.6. The zero-order valence-corrected chi connectivity index (χ0v) is 13.0. The number of hydrogen-bond acceptors (Lipinski definition) is 4. The van der Waals surface area contributed by atoms with Crippen LogP contribution in [0.5, 0.6) is 5.75 Å². The third-order valence-corrected chi connectivity index (χ3v) is 3.57. The average Bonchev–Trinajstić information content (AvgIpc) is 3.28. The van der Waals surface area contributed by atoms with Crippen LogP contribution in [0.1, 0.15) is 21.8 Å². The van der Waals surface area contributed by atoms with Crippen LogP contribution in [0.25, 0.3) is 5.69 Å². The second-order valence-corrected chi connectivity index (χ2v) is 4.99. The highest BCUT2D eigenvalue weighted by Crippen LogP contribution is 2.25. The summed E-state index contributed by atoms with van der Waals surface area (Å²) in [5.74, 6) is 0.883. The maximum atomic E-state index is 12.6. The number of furan rings is 1. The monoisotopic (exact) mass is 321 g/mol. The number of nitrogens with one attached hydrogen (secondary N) is 1. The molecule has 0 saturated heterocycles. The van der Waals surface area contributed by atoms with Crippen LogP contribution < -0.4 is 10.1 Å². The standard InChI is InChI=1S/C18H15N3O3/c1-23-16-7-3-2-6-15(16)21-9-8-13(11-19)17(21)18(22)20-12-14-5-4-10-24-14/h2-10H,12H2,1H3,(H,20,22). The summed E-state index contributed by atoms with van der Waals surface area (Å²) in [6, 6.07) is 14.5. The molecule has 0 fully saturated rings. The lowest BCUT2D eigenvalue weighted by atomic mass is 10.2. The predicted octanol–water partition coefficient (Wildman–Crippen LogP) is 2.88. The van der Waals surface area contributed by atoms with Crippen molar-refractivity contribution in [2.45, 2.75) is 6.54 Å². The molecule has 6 nitrogen and oxygen atoms in total. The lowest BCUT2D eigenvalue weighted by Crippen LogP contribution is -2.25. The van der Waals surface area contributed by atoms with Crippen molar-refractivity contribution in [1.82, 2.24) is 9.88 Å². The van der Waals surface area contributed by atoms with Gasteiger partial charge in [-0.2, -0.15) is 5.26 Å². The van der Waals surface area contributed by atoms with Gasteiger partial charge in [0.25, 0.3) is 5.91 Å². The lowest BCUT2D eigenvalue weighted by Gasteiger charge is -2.13. The normalized spacial score (nSPS) is 10.2. The van der Waals surface area contributed by atoms with Gasteiger partial charge in [0.15, 0.2) is 0 Å². The van der Waals surface area contributed by atoms with Gasteiger partial charge in [0.2, 0.25) is 0 Å². The van der Waals surface area contributed by atoms with Crippen molar-refractivity contribution in [3.8, 4) is 17.5 Å². The number of hydrogen-bond donors (Lipinski definition) is 1. The van der Waals surface area contributed by atoms with Gasteiger partial charge >= 0.3 is 0 Å². The number of ether oxygens (including phenoxy) is 1. The second kappa shape index (κ2) is 6.75. The molecule has 3 rings (SSSR count). The second-order valence-electron chi connectivity index (χ2n) is 4.99. The first kappa shape index (κ1) is 15.4. The van der Waals surface area contributed by atoms with Crippen LogP contribution in [0.2, 0.25) is 0 Å². The fourth-order valence-corrected chi connectivity index (χ4v) is 2.45. The van der Waals surface area contributed by atoms with Crippen molar-refractivity contribution in [2.24, 2.45) is 0 Å². The number of aromatic nitrogens is 1. The smallest absolute Gasteiger partial charge is 0.270 e. The molecule has 1 amide bonds. The number of nitriles is 1. The first-order valence-corrected chi connectivity index (χ1v) is 7.30. The minimum Gasteiger partial charge on any atom is -0.495 e. The topological polar surface area (TPSA) is 80.2 Å². The lowest BCUT2D eigenvalue weighted by molar-refractivity contribution is 0.0941. The molecule has 0 aliphatic rings. The van der Waals surface area contributed by atoms with Crippen molar-refractivity contribution < 1.29 is 13.9 Å². The minimum absolute atomic E-state index is 0.244. The van der Waals surface area contributed by atoms with E-state index in [2.05, 4.69) is 11.4 Å². The largest absolute Gasteiger partial charge is 0.495 e. The SMILES string of the molecule is COc1ccccc1-n1ccc(C#N)c1C(=O)NCc1ccco1. The van der Waals surface area contributed by atoms with Gasteiger partial charge in [-0.25, -0.2) is 0 Å². The van der Waals surface area contributed by atoms with Crippen molar-refractivity contribution in [2.75, 3.05) is 7.11 Å². The third-order valence-electron chi connectivity index (χ3n) is 3.57. The Morgan fingerprint density at radius 1 is 1.29 bits per heavy atom. The van der Waals surface area contributed by atoms with Gasteiger partial charge in [0.05, 0.1) is 31.2 Å². The molecule has 0 bridgehead atoms. The molecule has 120 valence electrons. The van der Waals surface area contributed by atoms with E-state index in [1.165, 1.54) is 0 Å². The van der Waals surface area contributed by atoms with Crippen LogP contribution in [0.15, 0.2) is 59.3 Å². The van der Waals surface area contributed by atoms with E-state index in [0.717, 1.165) is 0 Å². The van der Waals surface area contributed by atoms with Crippen LogP contribution >= 0.6 is 0 Å². The van der Waals surface area contributed by atoms with Crippen LogP contribution in [-0.4, -0.2) is 17.6 Å². The zero-order valence-electron chi connectivity index (χ0n) is 13.0. The molecular formula is C18H15N3O3. The molecule has 1 aromatic carbocycles. The number of carbonyl (C=O) groups excluding carboxylic acids is 1. The summed E-state index contributed by atoms with van der Waals surface area (Å²) in [6.45, 7) is 0.244. The Balaban J connectivity index is 1.96. The number of rotatable bonds is 5. The molecule has 0 aliphatic carbocycles. The molecule has 2 heterocycles. The van der Waals surface area contributed by atoms with Crippen molar-refractivity contribution in [1.29, 1.82) is 5.26 Å². The van der Waals surface area contributed by atoms with E-state index in [0.29, 0.717) is 17.2 Å². The highest BCUT2D eigenvalue weighted by Gasteiger charge is 2.20. The summed E-state index contributed by atoms with van der Waals surface area (Å²) in [7, 11) is 1.56. The molecule has 0 atom stereocenters. The summed E-state index contributed by atoms with van der Waals surface area (Å²) in [5, 5.41) is 12.1. The quantitative estimate of drug-likeness (QED) is 0.783. The van der Waals surface area contributed by atoms with Gasteiger partial charge in [-0.1, -0.05) is 12.1 Å². The Morgan fingerprint density at radius 3 is 2.83 bits per heavy atom. The van der Waals surface area contributed by atoms with Crippen molar-refractivity contribution >= 4 is 5.91 Å². The van der Waals surface area contributed by atoms with Crippen LogP contribution in [-0.2, 0) is 6.54 Å². The van der Waals surface area contributed by atoms with E-state index in [-0.39, 0.29) is 23.7 Å². The molecular weight excluding hydrogens is 306 g/mol. The highest BCUT2D eigenvalue weighted by atomic mass is 16.5. The van der Waals surface area contributed by atoms with Crippen molar-refractivity contribution in [3.05, 3.63) is 71.9 Å². The van der Waals surface area contributed by atoms with Crippen LogP contribution in [0, 0.1) is 11.3 Å². The predicted molar refractivity (Wildman–Crippen MR) is 86.9 cm³/mol. The summed E-state index contributed by atoms with van der Waals surface area (Å²) in [6.07, 6.45) is 3.22. The third kappa shape index (κ3) is 2.88. The molecule has 0 unspecified atom stereocenters. The number of benzene rings is 1.